The molecule has 1 heterocycles. The van der Waals surface area contributed by atoms with Crippen molar-refractivity contribution in [1.29, 1.82) is 0 Å². The Bertz CT molecular complexity index is 837. The summed E-state index contributed by atoms with van der Waals surface area (Å²) in [5.74, 6) is -1.08. The smallest absolute Gasteiger partial charge is 0.335 e. The predicted molar refractivity (Wildman–Crippen MR) is 92.0 cm³/mol. The molecule has 0 aromatic heterocycles. The number of carbonyl (C=O) groups is 2. The summed E-state index contributed by atoms with van der Waals surface area (Å²) in [6.07, 6.45) is 0. The molecule has 1 saturated heterocycles. The highest BCUT2D eigenvalue weighted by Crippen LogP contribution is 2.43. The van der Waals surface area contributed by atoms with Crippen LogP contribution >= 0.6 is 11.8 Å². The minimum absolute atomic E-state index is 0.0721. The van der Waals surface area contributed by atoms with Crippen LogP contribution < -0.4 is 4.90 Å². The average molecular weight is 345 g/mol. The van der Waals surface area contributed by atoms with Gasteiger partial charge in [0.25, 0.3) is 0 Å². The zero-order valence-corrected chi connectivity index (χ0v) is 14.1. The van der Waals surface area contributed by atoms with Crippen molar-refractivity contribution in [3.05, 3.63) is 64.5 Å². The lowest BCUT2D eigenvalue weighted by molar-refractivity contribution is -0.115. The number of halogens is 1. The quantitative estimate of drug-likeness (QED) is 0.916. The molecule has 24 heavy (non-hydrogen) atoms. The zero-order chi connectivity index (χ0) is 17.4. The van der Waals surface area contributed by atoms with Gasteiger partial charge in [0.15, 0.2) is 0 Å². The van der Waals surface area contributed by atoms with Gasteiger partial charge < -0.3 is 5.11 Å². The Labute approximate surface area is 143 Å². The summed E-state index contributed by atoms with van der Waals surface area (Å²) in [7, 11) is 0. The minimum atomic E-state index is -1.01. The molecule has 1 N–H and O–H groups in total. The number of carbonyl (C=O) groups excluding carboxylic acids is 1. The summed E-state index contributed by atoms with van der Waals surface area (Å²) in [5.41, 5.74) is 2.80. The molecule has 1 fully saturated rings. The van der Waals surface area contributed by atoms with Crippen molar-refractivity contribution < 1.29 is 19.1 Å². The van der Waals surface area contributed by atoms with Crippen molar-refractivity contribution in [3.8, 4) is 0 Å². The number of thioether (sulfide) groups is 1. The van der Waals surface area contributed by atoms with Crippen LogP contribution in [0.25, 0.3) is 0 Å². The number of rotatable bonds is 3. The van der Waals surface area contributed by atoms with E-state index in [1.807, 2.05) is 6.07 Å². The maximum Gasteiger partial charge on any atom is 0.335 e. The molecule has 0 radical (unpaired) electrons. The normalized spacial score (nSPS) is 17.4. The van der Waals surface area contributed by atoms with Gasteiger partial charge in [0.1, 0.15) is 11.2 Å². The maximum absolute atomic E-state index is 13.9. The number of hydrogen-bond donors (Lipinski definition) is 1. The fraction of sp³-hybridized carbons (Fsp3) is 0.222. The van der Waals surface area contributed by atoms with Crippen molar-refractivity contribution in [3.63, 3.8) is 0 Å². The van der Waals surface area contributed by atoms with Gasteiger partial charge in [0.05, 0.1) is 11.3 Å². The molecule has 124 valence electrons. The average Bonchev–Trinajstić information content (AvgIpc) is 2.91. The van der Waals surface area contributed by atoms with Crippen molar-refractivity contribution in [2.45, 2.75) is 19.2 Å². The van der Waals surface area contributed by atoms with Crippen molar-refractivity contribution in [2.24, 2.45) is 0 Å². The highest BCUT2D eigenvalue weighted by atomic mass is 32.2. The first-order valence-electron chi connectivity index (χ1n) is 7.42. The molecule has 2 aromatic carbocycles. The zero-order valence-electron chi connectivity index (χ0n) is 13.2. The van der Waals surface area contributed by atoms with E-state index in [0.717, 1.165) is 5.56 Å². The summed E-state index contributed by atoms with van der Waals surface area (Å²) >= 11 is 1.43. The third kappa shape index (κ3) is 2.89. The summed E-state index contributed by atoms with van der Waals surface area (Å²) in [6.45, 7) is 3.46. The Hall–Kier alpha value is -2.34. The molecule has 0 spiro atoms. The molecular weight excluding hydrogens is 329 g/mol. The Kier molecular flexibility index (Phi) is 4.32. The van der Waals surface area contributed by atoms with E-state index < -0.39 is 5.97 Å². The molecule has 1 unspecified atom stereocenters. The van der Waals surface area contributed by atoms with Gasteiger partial charge in [-0.2, -0.15) is 0 Å². The Balaban J connectivity index is 2.02. The first kappa shape index (κ1) is 16.5. The first-order valence-corrected chi connectivity index (χ1v) is 8.47. The largest absolute Gasteiger partial charge is 0.478 e. The number of amides is 1. The van der Waals surface area contributed by atoms with Gasteiger partial charge in [-0.15, -0.1) is 11.8 Å². The predicted octanol–water partition coefficient (Wildman–Crippen LogP) is 3.92. The van der Waals surface area contributed by atoms with E-state index in [9.17, 15) is 14.0 Å². The van der Waals surface area contributed by atoms with Crippen LogP contribution in [0.4, 0.5) is 10.1 Å². The summed E-state index contributed by atoms with van der Waals surface area (Å²) in [6, 6.07) is 9.64. The standard InChI is InChI=1S/C18H16FNO3S/c1-10-3-4-12(8-14(10)19)17-20(16(21)9-24-17)15-6-5-13(18(22)23)7-11(15)2/h3-8,17H,9H2,1-2H3,(H,22,23). The van der Waals surface area contributed by atoms with Gasteiger partial charge in [0.2, 0.25) is 5.91 Å². The fourth-order valence-electron chi connectivity index (χ4n) is 2.75. The molecule has 6 heteroatoms. The Morgan fingerprint density at radius 2 is 1.96 bits per heavy atom. The van der Waals surface area contributed by atoms with Crippen LogP contribution in [0, 0.1) is 19.7 Å². The van der Waals surface area contributed by atoms with E-state index >= 15 is 0 Å². The van der Waals surface area contributed by atoms with E-state index in [0.29, 0.717) is 22.6 Å². The van der Waals surface area contributed by atoms with E-state index in [-0.39, 0.29) is 22.7 Å². The first-order chi connectivity index (χ1) is 11.4. The molecule has 0 saturated carbocycles. The van der Waals surface area contributed by atoms with Crippen molar-refractivity contribution in [1.82, 2.24) is 0 Å². The summed E-state index contributed by atoms with van der Waals surface area (Å²) in [4.78, 5) is 25.1. The molecule has 0 aliphatic carbocycles. The number of carboxylic acid groups (broad SMARTS) is 1. The van der Waals surface area contributed by atoms with Gasteiger partial charge in [-0.05, 0) is 54.8 Å². The van der Waals surface area contributed by atoms with Crippen LogP contribution in [0.2, 0.25) is 0 Å². The number of nitrogens with zero attached hydrogens (tertiary/aromatic N) is 1. The highest BCUT2D eigenvalue weighted by molar-refractivity contribution is 8.00. The van der Waals surface area contributed by atoms with Crippen LogP contribution in [-0.4, -0.2) is 22.7 Å². The maximum atomic E-state index is 13.9. The molecule has 1 atom stereocenters. The fourth-order valence-corrected chi connectivity index (χ4v) is 3.91. The molecule has 2 aromatic rings. The molecule has 4 nitrogen and oxygen atoms in total. The number of aromatic carboxylic acids is 1. The van der Waals surface area contributed by atoms with Crippen LogP contribution in [-0.2, 0) is 4.79 Å². The lowest BCUT2D eigenvalue weighted by atomic mass is 10.1. The van der Waals surface area contributed by atoms with Crippen LogP contribution in [0.3, 0.4) is 0 Å². The molecule has 3 rings (SSSR count). The van der Waals surface area contributed by atoms with E-state index in [4.69, 9.17) is 5.11 Å². The second-order valence-corrected chi connectivity index (χ2v) is 6.81. The molecule has 1 aliphatic rings. The van der Waals surface area contributed by atoms with Crippen molar-refractivity contribution >= 4 is 29.3 Å². The lowest BCUT2D eigenvalue weighted by Gasteiger charge is -2.26. The molecule has 0 bridgehead atoms. The monoisotopic (exact) mass is 345 g/mol. The number of aryl methyl sites for hydroxylation is 2. The van der Waals surface area contributed by atoms with Crippen LogP contribution in [0.5, 0.6) is 0 Å². The molecular formula is C18H16FNO3S. The molecule has 1 aliphatic heterocycles. The summed E-state index contributed by atoms with van der Waals surface area (Å²) < 4.78 is 13.9. The summed E-state index contributed by atoms with van der Waals surface area (Å²) in [5, 5.41) is 8.76. The van der Waals surface area contributed by atoms with E-state index in [1.54, 1.807) is 36.9 Å². The highest BCUT2D eigenvalue weighted by Gasteiger charge is 2.35. The second-order valence-electron chi connectivity index (χ2n) is 5.74. The second kappa shape index (κ2) is 6.28. The van der Waals surface area contributed by atoms with Crippen molar-refractivity contribution in [2.75, 3.05) is 10.7 Å². The number of hydrogen-bond acceptors (Lipinski definition) is 3. The Morgan fingerprint density at radius 1 is 1.21 bits per heavy atom. The molecule has 1 amide bonds. The number of benzene rings is 2. The van der Waals surface area contributed by atoms with Crippen LogP contribution in [0.1, 0.15) is 32.4 Å². The minimum Gasteiger partial charge on any atom is -0.478 e. The van der Waals surface area contributed by atoms with Crippen LogP contribution in [0.15, 0.2) is 36.4 Å². The lowest BCUT2D eigenvalue weighted by Crippen LogP contribution is -2.28. The van der Waals surface area contributed by atoms with E-state index in [2.05, 4.69) is 0 Å². The van der Waals surface area contributed by atoms with Gasteiger partial charge in [0, 0.05) is 5.69 Å². The SMILES string of the molecule is Cc1ccc(C2SCC(=O)N2c2ccc(C(=O)O)cc2C)cc1F. The van der Waals surface area contributed by atoms with Gasteiger partial charge >= 0.3 is 5.97 Å². The third-order valence-electron chi connectivity index (χ3n) is 4.05. The van der Waals surface area contributed by atoms with Gasteiger partial charge in [-0.25, -0.2) is 9.18 Å². The topological polar surface area (TPSA) is 57.6 Å². The number of carboxylic acids is 1. The third-order valence-corrected chi connectivity index (χ3v) is 5.26. The Morgan fingerprint density at radius 3 is 2.58 bits per heavy atom. The number of anilines is 1. The van der Waals surface area contributed by atoms with E-state index in [1.165, 1.54) is 23.9 Å². The van der Waals surface area contributed by atoms with Gasteiger partial charge in [-0.3, -0.25) is 9.69 Å². The van der Waals surface area contributed by atoms with Gasteiger partial charge in [-0.1, -0.05) is 12.1 Å².